The van der Waals surface area contributed by atoms with Gasteiger partial charge >= 0.3 is 6.09 Å². The number of aromatic hydroxyl groups is 1. The maximum Gasteiger partial charge on any atom is 0.408 e. The zero-order valence-electron chi connectivity index (χ0n) is 18.9. The van der Waals surface area contributed by atoms with E-state index in [1.54, 1.807) is 51.2 Å². The number of hydrogen-bond acceptors (Lipinski definition) is 5. The Bertz CT molecular complexity index is 1300. The van der Waals surface area contributed by atoms with E-state index in [1.165, 1.54) is 18.3 Å². The van der Waals surface area contributed by atoms with Crippen LogP contribution in [-0.2, 0) is 11.2 Å². The second-order valence-corrected chi connectivity index (χ2v) is 9.09. The number of carboxylic acid groups (broad SMARTS) is 1. The summed E-state index contributed by atoms with van der Waals surface area (Å²) in [7, 11) is 0. The van der Waals surface area contributed by atoms with Gasteiger partial charge in [-0.3, -0.25) is 14.5 Å². The monoisotopic (exact) mass is 463 g/mol. The van der Waals surface area contributed by atoms with Crippen LogP contribution in [0.25, 0.3) is 10.9 Å². The first-order valence-electron chi connectivity index (χ1n) is 10.6. The molecule has 5 N–H and O–H groups in total. The van der Waals surface area contributed by atoms with Crippen LogP contribution in [-0.4, -0.2) is 55.8 Å². The zero-order valence-corrected chi connectivity index (χ0v) is 18.9. The SMILES string of the molecule is CC(C)(C)N(C(=O)O)[C@H](Cc1ccc(O)cc1)C(=O)Nc1cc2c3c(c[nH]c3c1)C=NNC2=O. The number of hydrazone groups is 1. The fraction of sp³-hybridized carbons (Fsp3) is 0.250. The number of H-pyrrole nitrogens is 1. The van der Waals surface area contributed by atoms with Gasteiger partial charge in [0.1, 0.15) is 11.8 Å². The molecule has 3 aromatic rings. The van der Waals surface area contributed by atoms with Crippen LogP contribution >= 0.6 is 0 Å². The number of nitrogens with zero attached hydrogens (tertiary/aromatic N) is 2. The first-order chi connectivity index (χ1) is 16.0. The van der Waals surface area contributed by atoms with Crippen LogP contribution in [0.1, 0.15) is 42.3 Å². The minimum Gasteiger partial charge on any atom is -0.508 e. The molecule has 10 nitrogen and oxygen atoms in total. The van der Waals surface area contributed by atoms with Gasteiger partial charge in [-0.1, -0.05) is 12.1 Å². The summed E-state index contributed by atoms with van der Waals surface area (Å²) in [6.45, 7) is 5.13. The molecule has 1 aliphatic rings. The molecule has 0 fully saturated rings. The van der Waals surface area contributed by atoms with Crippen molar-refractivity contribution < 1.29 is 24.6 Å². The Morgan fingerprint density at radius 1 is 1.18 bits per heavy atom. The molecular weight excluding hydrogens is 438 g/mol. The van der Waals surface area contributed by atoms with Crippen LogP contribution < -0.4 is 10.7 Å². The maximum absolute atomic E-state index is 13.5. The lowest BCUT2D eigenvalue weighted by Gasteiger charge is -2.39. The van der Waals surface area contributed by atoms with Gasteiger partial charge in [-0.15, -0.1) is 0 Å². The van der Waals surface area contributed by atoms with Crippen molar-refractivity contribution in [3.05, 3.63) is 59.3 Å². The van der Waals surface area contributed by atoms with Crippen LogP contribution in [0, 0.1) is 0 Å². The molecule has 0 unspecified atom stereocenters. The Labute approximate surface area is 195 Å². The summed E-state index contributed by atoms with van der Waals surface area (Å²) >= 11 is 0. The molecule has 0 saturated heterocycles. The largest absolute Gasteiger partial charge is 0.508 e. The molecule has 2 heterocycles. The summed E-state index contributed by atoms with van der Waals surface area (Å²) in [5.41, 5.74) is 4.28. The molecule has 0 spiro atoms. The molecule has 2 aromatic carbocycles. The van der Waals surface area contributed by atoms with Crippen molar-refractivity contribution in [3.63, 3.8) is 0 Å². The van der Waals surface area contributed by atoms with Crippen LogP contribution in [0.2, 0.25) is 0 Å². The minimum atomic E-state index is -1.24. The average Bonchev–Trinajstić information content (AvgIpc) is 3.08. The van der Waals surface area contributed by atoms with E-state index in [4.69, 9.17) is 0 Å². The lowest BCUT2D eigenvalue weighted by molar-refractivity contribution is -0.122. The average molecular weight is 463 g/mol. The Kier molecular flexibility index (Phi) is 5.74. The van der Waals surface area contributed by atoms with Crippen molar-refractivity contribution in [1.29, 1.82) is 0 Å². The highest BCUT2D eigenvalue weighted by molar-refractivity contribution is 6.15. The number of benzene rings is 2. The molecule has 1 aromatic heterocycles. The third-order valence-corrected chi connectivity index (χ3v) is 5.60. The number of rotatable bonds is 5. The Morgan fingerprint density at radius 3 is 2.53 bits per heavy atom. The molecule has 10 heteroatoms. The van der Waals surface area contributed by atoms with Crippen molar-refractivity contribution in [2.45, 2.75) is 38.8 Å². The number of phenols is 1. The topological polar surface area (TPSA) is 147 Å². The predicted octanol–water partition coefficient (Wildman–Crippen LogP) is 3.28. The van der Waals surface area contributed by atoms with E-state index in [0.29, 0.717) is 27.7 Å². The van der Waals surface area contributed by atoms with Crippen LogP contribution in [0.15, 0.2) is 47.7 Å². The Balaban J connectivity index is 1.71. The van der Waals surface area contributed by atoms with Crippen LogP contribution in [0.3, 0.4) is 0 Å². The Morgan fingerprint density at radius 2 is 1.88 bits per heavy atom. The van der Waals surface area contributed by atoms with E-state index in [0.717, 1.165) is 10.5 Å². The smallest absolute Gasteiger partial charge is 0.408 e. The minimum absolute atomic E-state index is 0.0708. The highest BCUT2D eigenvalue weighted by atomic mass is 16.4. The fourth-order valence-electron chi connectivity index (χ4n) is 4.14. The first-order valence-corrected chi connectivity index (χ1v) is 10.6. The molecule has 0 aliphatic carbocycles. The van der Waals surface area contributed by atoms with Gasteiger partial charge in [0.15, 0.2) is 0 Å². The summed E-state index contributed by atoms with van der Waals surface area (Å²) in [4.78, 5) is 42.3. The number of aromatic amines is 1. The molecule has 1 aliphatic heterocycles. The second kappa shape index (κ2) is 8.54. The van der Waals surface area contributed by atoms with Gasteiger partial charge in [-0.2, -0.15) is 5.10 Å². The van der Waals surface area contributed by atoms with Crippen molar-refractivity contribution in [2.24, 2.45) is 5.10 Å². The summed E-state index contributed by atoms with van der Waals surface area (Å²) in [5, 5.41) is 26.9. The zero-order chi connectivity index (χ0) is 24.6. The van der Waals surface area contributed by atoms with Crippen molar-refractivity contribution in [2.75, 3.05) is 5.32 Å². The molecule has 176 valence electrons. The number of carbonyl (C=O) groups excluding carboxylic acids is 2. The van der Waals surface area contributed by atoms with Gasteiger partial charge in [0.05, 0.1) is 11.8 Å². The maximum atomic E-state index is 13.5. The molecule has 3 amide bonds. The summed E-state index contributed by atoms with van der Waals surface area (Å²) < 4.78 is 0. The van der Waals surface area contributed by atoms with Gasteiger partial charge in [0, 0.05) is 40.3 Å². The normalized spacial score (nSPS) is 13.8. The third kappa shape index (κ3) is 4.42. The first kappa shape index (κ1) is 22.8. The molecule has 34 heavy (non-hydrogen) atoms. The van der Waals surface area contributed by atoms with Gasteiger partial charge in [-0.25, -0.2) is 10.2 Å². The number of carbonyl (C=O) groups is 3. The highest BCUT2D eigenvalue weighted by Gasteiger charge is 2.37. The Hall–Kier alpha value is -4.34. The molecular formula is C24H25N5O5. The van der Waals surface area contributed by atoms with Gasteiger partial charge in [-0.05, 0) is 50.6 Å². The molecule has 0 bridgehead atoms. The molecule has 4 rings (SSSR count). The van der Waals surface area contributed by atoms with Crippen LogP contribution in [0.5, 0.6) is 5.75 Å². The van der Waals surface area contributed by atoms with E-state index in [9.17, 15) is 24.6 Å². The molecule has 0 saturated carbocycles. The van der Waals surface area contributed by atoms with E-state index in [-0.39, 0.29) is 12.2 Å². The van der Waals surface area contributed by atoms with Crippen LogP contribution in [0.4, 0.5) is 10.5 Å². The lowest BCUT2D eigenvalue weighted by Crippen LogP contribution is -2.56. The van der Waals surface area contributed by atoms with E-state index >= 15 is 0 Å². The number of anilines is 1. The van der Waals surface area contributed by atoms with Gasteiger partial charge < -0.3 is 20.5 Å². The summed E-state index contributed by atoms with van der Waals surface area (Å²) in [6.07, 6.45) is 2.10. The van der Waals surface area contributed by atoms with Gasteiger partial charge in [0.2, 0.25) is 5.91 Å². The number of hydrogen-bond donors (Lipinski definition) is 5. The van der Waals surface area contributed by atoms with E-state index < -0.39 is 29.5 Å². The van der Waals surface area contributed by atoms with Crippen molar-refractivity contribution >= 4 is 40.7 Å². The fourth-order valence-corrected chi connectivity index (χ4v) is 4.14. The standard InChI is InChI=1S/C24H25N5O5/c1-24(2,3)29(23(33)34)19(8-13-4-6-16(30)7-5-13)22(32)27-15-9-17-20-14(11-25-18(20)10-15)12-26-28-21(17)31/h4-7,9-12,19,25,30H,8H2,1-3H3,(H,27,32)(H,28,31)(H,33,34)/t19-/m1/s1. The summed E-state index contributed by atoms with van der Waals surface area (Å²) in [5.74, 6) is -0.895. The second-order valence-electron chi connectivity index (χ2n) is 9.09. The number of nitrogens with one attached hydrogen (secondary N) is 3. The van der Waals surface area contributed by atoms with Crippen molar-refractivity contribution in [1.82, 2.24) is 15.3 Å². The number of amides is 3. The summed E-state index contributed by atoms with van der Waals surface area (Å²) in [6, 6.07) is 8.41. The predicted molar refractivity (Wildman–Crippen MR) is 127 cm³/mol. The highest BCUT2D eigenvalue weighted by Crippen LogP contribution is 2.28. The van der Waals surface area contributed by atoms with E-state index in [1.807, 2.05) is 0 Å². The van der Waals surface area contributed by atoms with Gasteiger partial charge in [0.25, 0.3) is 5.91 Å². The molecule has 0 radical (unpaired) electrons. The number of phenolic OH excluding ortho intramolecular Hbond substituents is 1. The number of aromatic nitrogens is 1. The lowest BCUT2D eigenvalue weighted by atomic mass is 9.97. The van der Waals surface area contributed by atoms with Crippen molar-refractivity contribution in [3.8, 4) is 5.75 Å². The van der Waals surface area contributed by atoms with E-state index in [2.05, 4.69) is 20.8 Å². The quantitative estimate of drug-likeness (QED) is 0.394. The molecule has 1 atom stereocenters. The third-order valence-electron chi connectivity index (χ3n) is 5.60.